The highest BCUT2D eigenvalue weighted by molar-refractivity contribution is 7.11. The fourth-order valence-corrected chi connectivity index (χ4v) is 3.58. The van der Waals surface area contributed by atoms with Crippen LogP contribution in [-0.2, 0) is 9.53 Å². The van der Waals surface area contributed by atoms with Gasteiger partial charge in [-0.15, -0.1) is 11.3 Å². The number of hydrogen-bond donors (Lipinski definition) is 1. The van der Waals surface area contributed by atoms with Crippen molar-refractivity contribution in [1.82, 2.24) is 4.98 Å². The summed E-state index contributed by atoms with van der Waals surface area (Å²) in [5, 5.41) is 15.1. The molecule has 0 saturated carbocycles. The quantitative estimate of drug-likeness (QED) is 0.190. The van der Waals surface area contributed by atoms with Crippen molar-refractivity contribution in [3.8, 4) is 23.1 Å². The SMILES string of the molecule is CCCCOC(=O)c1ccc(NC=C(C#N)c2nc(-c3ccc(OC(C)=O)cc3)cs2)cc1. The minimum absolute atomic E-state index is 0.348. The number of esters is 2. The van der Waals surface area contributed by atoms with Crippen LogP contribution in [-0.4, -0.2) is 23.5 Å². The molecule has 0 aliphatic carbocycles. The first-order valence-corrected chi connectivity index (χ1v) is 11.3. The van der Waals surface area contributed by atoms with Gasteiger partial charge in [-0.05, 0) is 55.0 Å². The summed E-state index contributed by atoms with van der Waals surface area (Å²) in [6, 6.07) is 16.0. The van der Waals surface area contributed by atoms with Crippen LogP contribution in [0, 0.1) is 11.3 Å². The lowest BCUT2D eigenvalue weighted by atomic mass is 10.2. The lowest BCUT2D eigenvalue weighted by Gasteiger charge is -2.05. The average Bonchev–Trinajstić information content (AvgIpc) is 3.30. The van der Waals surface area contributed by atoms with E-state index in [2.05, 4.69) is 16.4 Å². The molecule has 0 aliphatic heterocycles. The van der Waals surface area contributed by atoms with E-state index < -0.39 is 0 Å². The fourth-order valence-electron chi connectivity index (χ4n) is 2.78. The molecule has 0 fully saturated rings. The highest BCUT2D eigenvalue weighted by Gasteiger charge is 2.10. The summed E-state index contributed by atoms with van der Waals surface area (Å²) in [5.41, 5.74) is 3.15. The van der Waals surface area contributed by atoms with E-state index in [1.54, 1.807) is 54.7 Å². The number of ether oxygens (including phenoxy) is 2. The van der Waals surface area contributed by atoms with Crippen molar-refractivity contribution in [2.24, 2.45) is 0 Å². The first kappa shape index (κ1) is 23.7. The number of benzene rings is 2. The predicted octanol–water partition coefficient (Wildman–Crippen LogP) is 5.67. The second-order valence-corrected chi connectivity index (χ2v) is 7.89. The molecule has 33 heavy (non-hydrogen) atoms. The zero-order chi connectivity index (χ0) is 23.6. The van der Waals surface area contributed by atoms with Gasteiger partial charge < -0.3 is 14.8 Å². The standard InChI is InChI=1S/C25H23N3O4S/c1-3-4-13-31-25(30)19-5-9-21(10-6-19)27-15-20(14-26)24-28-23(16-33-24)18-7-11-22(12-8-18)32-17(2)29/h5-12,15-16,27H,3-4,13H2,1-2H3. The van der Waals surface area contributed by atoms with Gasteiger partial charge >= 0.3 is 11.9 Å². The first-order chi connectivity index (χ1) is 16.0. The van der Waals surface area contributed by atoms with Gasteiger partial charge in [0.05, 0.1) is 17.9 Å². The molecule has 168 valence electrons. The van der Waals surface area contributed by atoms with E-state index in [0.29, 0.717) is 28.5 Å². The van der Waals surface area contributed by atoms with Gasteiger partial charge in [-0.3, -0.25) is 4.79 Å². The highest BCUT2D eigenvalue weighted by Crippen LogP contribution is 2.27. The van der Waals surface area contributed by atoms with Crippen LogP contribution in [0.2, 0.25) is 0 Å². The molecule has 8 heteroatoms. The van der Waals surface area contributed by atoms with Crippen LogP contribution >= 0.6 is 11.3 Å². The number of rotatable bonds is 9. The largest absolute Gasteiger partial charge is 0.462 e. The van der Waals surface area contributed by atoms with Crippen LogP contribution < -0.4 is 10.1 Å². The number of hydrogen-bond acceptors (Lipinski definition) is 8. The van der Waals surface area contributed by atoms with Crippen molar-refractivity contribution in [1.29, 1.82) is 5.26 Å². The van der Waals surface area contributed by atoms with Gasteiger partial charge in [0.1, 0.15) is 22.4 Å². The Morgan fingerprint density at radius 3 is 2.52 bits per heavy atom. The Morgan fingerprint density at radius 2 is 1.88 bits per heavy atom. The van der Waals surface area contributed by atoms with Crippen LogP contribution in [0.3, 0.4) is 0 Å². The Bertz CT molecular complexity index is 1180. The minimum atomic E-state index is -0.378. The zero-order valence-corrected chi connectivity index (χ0v) is 19.1. The molecule has 0 unspecified atom stereocenters. The number of carbonyl (C=O) groups is 2. The molecule has 0 radical (unpaired) electrons. The summed E-state index contributed by atoms with van der Waals surface area (Å²) in [6.45, 7) is 3.80. The minimum Gasteiger partial charge on any atom is -0.462 e. The molecule has 0 saturated heterocycles. The Labute approximate surface area is 196 Å². The topological polar surface area (TPSA) is 101 Å². The van der Waals surface area contributed by atoms with Crippen LogP contribution in [0.25, 0.3) is 16.8 Å². The molecule has 3 rings (SSSR count). The number of unbranched alkanes of at least 4 members (excludes halogenated alkanes) is 1. The number of anilines is 1. The lowest BCUT2D eigenvalue weighted by molar-refractivity contribution is -0.131. The summed E-state index contributed by atoms with van der Waals surface area (Å²) in [5.74, 6) is -0.264. The van der Waals surface area contributed by atoms with Gasteiger partial charge in [0.25, 0.3) is 0 Å². The molecule has 1 aromatic heterocycles. The van der Waals surface area contributed by atoms with Gasteiger partial charge in [-0.1, -0.05) is 13.3 Å². The number of nitrogens with one attached hydrogen (secondary N) is 1. The van der Waals surface area contributed by atoms with Crippen molar-refractivity contribution in [3.05, 3.63) is 70.7 Å². The van der Waals surface area contributed by atoms with Gasteiger partial charge in [0.15, 0.2) is 0 Å². The first-order valence-electron chi connectivity index (χ1n) is 10.4. The zero-order valence-electron chi connectivity index (χ0n) is 18.3. The molecular weight excluding hydrogens is 438 g/mol. The molecule has 3 aromatic rings. The maximum absolute atomic E-state index is 12.0. The van der Waals surface area contributed by atoms with Crippen molar-refractivity contribution >= 4 is 34.5 Å². The van der Waals surface area contributed by atoms with Crippen molar-refractivity contribution in [2.75, 3.05) is 11.9 Å². The fraction of sp³-hybridized carbons (Fsp3) is 0.200. The molecule has 0 amide bonds. The normalized spacial score (nSPS) is 10.9. The molecule has 7 nitrogen and oxygen atoms in total. The molecule has 0 atom stereocenters. The summed E-state index contributed by atoms with van der Waals surface area (Å²) in [7, 11) is 0. The Hall–Kier alpha value is -3.96. The monoisotopic (exact) mass is 461 g/mol. The maximum Gasteiger partial charge on any atom is 0.338 e. The number of carbonyl (C=O) groups excluding carboxylic acids is 2. The molecule has 1 heterocycles. The van der Waals surface area contributed by atoms with Gasteiger partial charge in [0.2, 0.25) is 0 Å². The van der Waals surface area contributed by atoms with E-state index in [1.165, 1.54) is 18.3 Å². The third-order valence-electron chi connectivity index (χ3n) is 4.50. The summed E-state index contributed by atoms with van der Waals surface area (Å²) in [4.78, 5) is 27.6. The van der Waals surface area contributed by atoms with Crippen LogP contribution in [0.1, 0.15) is 42.1 Å². The van der Waals surface area contributed by atoms with E-state index in [0.717, 1.165) is 29.8 Å². The van der Waals surface area contributed by atoms with Crippen molar-refractivity contribution < 1.29 is 19.1 Å². The van der Waals surface area contributed by atoms with Gasteiger partial charge in [-0.2, -0.15) is 5.26 Å². The predicted molar refractivity (Wildman–Crippen MR) is 128 cm³/mol. The van der Waals surface area contributed by atoms with Crippen LogP contribution in [0.5, 0.6) is 5.75 Å². The third-order valence-corrected chi connectivity index (χ3v) is 5.38. The third kappa shape index (κ3) is 6.76. The second-order valence-electron chi connectivity index (χ2n) is 7.04. The van der Waals surface area contributed by atoms with Crippen molar-refractivity contribution in [2.45, 2.75) is 26.7 Å². The molecule has 1 N–H and O–H groups in total. The maximum atomic E-state index is 12.0. The summed E-state index contributed by atoms with van der Waals surface area (Å²) < 4.78 is 10.2. The molecule has 2 aromatic carbocycles. The highest BCUT2D eigenvalue weighted by atomic mass is 32.1. The Kier molecular flexibility index (Phi) is 8.33. The number of nitrogens with zero attached hydrogens (tertiary/aromatic N) is 2. The summed E-state index contributed by atoms with van der Waals surface area (Å²) in [6.07, 6.45) is 3.39. The van der Waals surface area contributed by atoms with E-state index in [1.807, 2.05) is 12.3 Å². The van der Waals surface area contributed by atoms with Crippen molar-refractivity contribution in [3.63, 3.8) is 0 Å². The van der Waals surface area contributed by atoms with E-state index in [4.69, 9.17) is 9.47 Å². The number of allylic oxidation sites excluding steroid dienone is 1. The molecule has 0 bridgehead atoms. The number of nitriles is 1. The van der Waals surface area contributed by atoms with Gasteiger partial charge in [0, 0.05) is 29.8 Å². The lowest BCUT2D eigenvalue weighted by Crippen LogP contribution is -2.06. The van der Waals surface area contributed by atoms with E-state index in [9.17, 15) is 14.9 Å². The Morgan fingerprint density at radius 1 is 1.15 bits per heavy atom. The second kappa shape index (κ2) is 11.6. The Balaban J connectivity index is 1.65. The van der Waals surface area contributed by atoms with Gasteiger partial charge in [-0.25, -0.2) is 9.78 Å². The molecule has 0 spiro atoms. The summed E-state index contributed by atoms with van der Waals surface area (Å²) >= 11 is 1.35. The van der Waals surface area contributed by atoms with E-state index >= 15 is 0 Å². The average molecular weight is 462 g/mol. The molecule has 0 aliphatic rings. The van der Waals surface area contributed by atoms with Crippen LogP contribution in [0.15, 0.2) is 60.1 Å². The number of aromatic nitrogens is 1. The van der Waals surface area contributed by atoms with E-state index in [-0.39, 0.29) is 11.9 Å². The van der Waals surface area contributed by atoms with Crippen LogP contribution in [0.4, 0.5) is 5.69 Å². The smallest absolute Gasteiger partial charge is 0.338 e. The molecular formula is C25H23N3O4S. The number of thiazole rings is 1.